The molecule has 2 aromatic rings. The van der Waals surface area contributed by atoms with Crippen LogP contribution in [-0.4, -0.2) is 16.4 Å². The highest BCUT2D eigenvalue weighted by atomic mass is 16.6. The van der Waals surface area contributed by atoms with Crippen LogP contribution in [0.4, 0.5) is 11.4 Å². The lowest BCUT2D eigenvalue weighted by Crippen LogP contribution is -2.14. The van der Waals surface area contributed by atoms with Crippen LogP contribution in [0.2, 0.25) is 0 Å². The molecule has 22 heavy (non-hydrogen) atoms. The van der Waals surface area contributed by atoms with Crippen molar-refractivity contribution in [3.8, 4) is 6.07 Å². The zero-order chi connectivity index (χ0) is 15.9. The van der Waals surface area contributed by atoms with E-state index in [4.69, 9.17) is 5.26 Å². The van der Waals surface area contributed by atoms with E-state index >= 15 is 0 Å². The third-order valence-electron chi connectivity index (χ3n) is 2.73. The van der Waals surface area contributed by atoms with Gasteiger partial charge in [-0.2, -0.15) is 10.4 Å². The molecule has 0 atom stereocenters. The zero-order valence-electron chi connectivity index (χ0n) is 11.3. The number of Topliss-reactive ketones (excluding diaryl/α,β-unsaturated/α-hetero) is 1. The van der Waals surface area contributed by atoms with Crippen LogP contribution in [0.25, 0.3) is 0 Å². The lowest BCUT2D eigenvalue weighted by molar-refractivity contribution is -0.384. The average Bonchev–Trinajstić information content (AvgIpc) is 2.56. The maximum atomic E-state index is 12.1. The van der Waals surface area contributed by atoms with E-state index < -0.39 is 10.7 Å². The number of hydrogen-bond donors (Lipinski definition) is 1. The Bertz CT molecular complexity index is 762. The van der Waals surface area contributed by atoms with Crippen LogP contribution in [0, 0.1) is 21.4 Å². The Morgan fingerprint density at radius 1 is 1.14 bits per heavy atom. The molecule has 2 rings (SSSR count). The summed E-state index contributed by atoms with van der Waals surface area (Å²) in [4.78, 5) is 22.1. The van der Waals surface area contributed by atoms with Gasteiger partial charge in [0.1, 0.15) is 6.07 Å². The Kier molecular flexibility index (Phi) is 4.57. The molecule has 0 aliphatic carbocycles. The number of nitriles is 1. The summed E-state index contributed by atoms with van der Waals surface area (Å²) in [6, 6.07) is 15.5. The van der Waals surface area contributed by atoms with Crippen molar-refractivity contribution >= 4 is 22.9 Å². The van der Waals surface area contributed by atoms with E-state index in [2.05, 4.69) is 10.5 Å². The van der Waals surface area contributed by atoms with Crippen molar-refractivity contribution in [3.05, 3.63) is 70.3 Å². The number of ketones is 1. The molecule has 0 aliphatic rings. The summed E-state index contributed by atoms with van der Waals surface area (Å²) < 4.78 is 0. The van der Waals surface area contributed by atoms with Gasteiger partial charge < -0.3 is 0 Å². The Morgan fingerprint density at radius 2 is 1.77 bits per heavy atom. The van der Waals surface area contributed by atoms with Gasteiger partial charge in [-0.3, -0.25) is 20.3 Å². The first-order valence-corrected chi connectivity index (χ1v) is 6.20. The number of hydrazone groups is 1. The number of nitro groups is 1. The molecule has 2 aromatic carbocycles. The van der Waals surface area contributed by atoms with E-state index in [1.807, 2.05) is 0 Å². The number of nitrogens with zero attached hydrogens (tertiary/aromatic N) is 3. The lowest BCUT2D eigenvalue weighted by Gasteiger charge is -2.01. The number of nitrogens with one attached hydrogen (secondary N) is 1. The van der Waals surface area contributed by atoms with Gasteiger partial charge in [-0.1, -0.05) is 30.3 Å². The van der Waals surface area contributed by atoms with Gasteiger partial charge >= 0.3 is 0 Å². The summed E-state index contributed by atoms with van der Waals surface area (Å²) in [6.07, 6.45) is 0. The molecular formula is C15H10N4O3. The Morgan fingerprint density at radius 3 is 2.32 bits per heavy atom. The van der Waals surface area contributed by atoms with E-state index in [9.17, 15) is 14.9 Å². The van der Waals surface area contributed by atoms with Gasteiger partial charge in [0.2, 0.25) is 11.5 Å². The van der Waals surface area contributed by atoms with Gasteiger partial charge in [0, 0.05) is 17.7 Å². The number of carbonyl (C=O) groups excluding carboxylic acids is 1. The Hall–Kier alpha value is -3.53. The van der Waals surface area contributed by atoms with E-state index in [1.165, 1.54) is 24.3 Å². The summed E-state index contributed by atoms with van der Waals surface area (Å²) in [5.41, 5.74) is 2.96. The monoisotopic (exact) mass is 294 g/mol. The molecule has 0 aliphatic heterocycles. The molecule has 108 valence electrons. The predicted molar refractivity (Wildman–Crippen MR) is 80.5 cm³/mol. The molecule has 0 fully saturated rings. The number of nitro benzene ring substituents is 1. The highest BCUT2D eigenvalue weighted by Gasteiger charge is 2.13. The molecule has 0 saturated heterocycles. The first-order chi connectivity index (χ1) is 10.6. The van der Waals surface area contributed by atoms with E-state index in [0.717, 1.165) is 0 Å². The Labute approximate surface area is 125 Å². The standard InChI is InChI=1S/C15H10N4O3/c16-10-14(15(20)11-4-2-1-3-5-11)18-17-12-6-8-13(9-7-12)19(21)22/h1-9,17H/b18-14-. The molecule has 1 N–H and O–H groups in total. The number of non-ortho nitro benzene ring substituents is 1. The van der Waals surface area contributed by atoms with Crippen LogP contribution >= 0.6 is 0 Å². The summed E-state index contributed by atoms with van der Waals surface area (Å²) in [7, 11) is 0. The van der Waals surface area contributed by atoms with Crippen LogP contribution in [0.15, 0.2) is 59.7 Å². The minimum atomic E-state index is -0.521. The normalized spacial score (nSPS) is 10.6. The molecule has 0 saturated carbocycles. The van der Waals surface area contributed by atoms with Gasteiger partial charge in [0.25, 0.3) is 5.69 Å². The lowest BCUT2D eigenvalue weighted by atomic mass is 10.1. The van der Waals surface area contributed by atoms with Gasteiger partial charge in [0.05, 0.1) is 10.6 Å². The third kappa shape index (κ3) is 3.52. The van der Waals surface area contributed by atoms with Crippen LogP contribution in [0.5, 0.6) is 0 Å². The second-order valence-corrected chi connectivity index (χ2v) is 4.18. The fourth-order valence-corrected chi connectivity index (χ4v) is 1.63. The molecule has 0 aromatic heterocycles. The van der Waals surface area contributed by atoms with Crippen LogP contribution in [-0.2, 0) is 0 Å². The quantitative estimate of drug-likeness (QED) is 0.394. The zero-order valence-corrected chi connectivity index (χ0v) is 11.3. The van der Waals surface area contributed by atoms with Gasteiger partial charge in [0.15, 0.2) is 0 Å². The van der Waals surface area contributed by atoms with E-state index in [0.29, 0.717) is 11.3 Å². The van der Waals surface area contributed by atoms with Crippen molar-refractivity contribution in [1.82, 2.24) is 0 Å². The Balaban J connectivity index is 2.15. The van der Waals surface area contributed by atoms with Gasteiger partial charge in [-0.05, 0) is 12.1 Å². The molecule has 0 heterocycles. The summed E-state index contributed by atoms with van der Waals surface area (Å²) in [6.45, 7) is 0. The van der Waals surface area contributed by atoms with Crippen LogP contribution in [0.3, 0.4) is 0 Å². The molecular weight excluding hydrogens is 284 g/mol. The molecule has 7 heteroatoms. The first-order valence-electron chi connectivity index (χ1n) is 6.20. The van der Waals surface area contributed by atoms with Crippen molar-refractivity contribution in [3.63, 3.8) is 0 Å². The average molecular weight is 294 g/mol. The molecule has 0 bridgehead atoms. The van der Waals surface area contributed by atoms with Crippen molar-refractivity contribution in [2.24, 2.45) is 5.10 Å². The third-order valence-corrected chi connectivity index (χ3v) is 2.73. The number of anilines is 1. The van der Waals surface area contributed by atoms with Gasteiger partial charge in [-0.15, -0.1) is 0 Å². The van der Waals surface area contributed by atoms with Crippen molar-refractivity contribution in [1.29, 1.82) is 5.26 Å². The number of benzene rings is 2. The maximum absolute atomic E-state index is 12.1. The highest BCUT2D eigenvalue weighted by molar-refractivity contribution is 6.51. The van der Waals surface area contributed by atoms with Crippen molar-refractivity contribution in [2.45, 2.75) is 0 Å². The number of carbonyl (C=O) groups is 1. The molecule has 7 nitrogen and oxygen atoms in total. The second kappa shape index (κ2) is 6.76. The minimum absolute atomic E-state index is 0.0598. The fourth-order valence-electron chi connectivity index (χ4n) is 1.63. The number of rotatable bonds is 5. The second-order valence-electron chi connectivity index (χ2n) is 4.18. The predicted octanol–water partition coefficient (Wildman–Crippen LogP) is 2.77. The summed E-state index contributed by atoms with van der Waals surface area (Å²) in [5, 5.41) is 23.3. The molecule has 0 amide bonds. The topological polar surface area (TPSA) is 108 Å². The minimum Gasteiger partial charge on any atom is -0.286 e. The number of hydrogen-bond acceptors (Lipinski definition) is 6. The highest BCUT2D eigenvalue weighted by Crippen LogP contribution is 2.15. The van der Waals surface area contributed by atoms with Crippen LogP contribution in [0.1, 0.15) is 10.4 Å². The van der Waals surface area contributed by atoms with Crippen molar-refractivity contribution < 1.29 is 9.72 Å². The largest absolute Gasteiger partial charge is 0.286 e. The fraction of sp³-hybridized carbons (Fsp3) is 0. The van der Waals surface area contributed by atoms with E-state index in [-0.39, 0.29) is 11.4 Å². The first kappa shape index (κ1) is 14.9. The summed E-state index contributed by atoms with van der Waals surface area (Å²) >= 11 is 0. The molecule has 0 unspecified atom stereocenters. The molecule has 0 radical (unpaired) electrons. The van der Waals surface area contributed by atoms with E-state index in [1.54, 1.807) is 36.4 Å². The summed E-state index contributed by atoms with van der Waals surface area (Å²) in [5.74, 6) is -0.502. The maximum Gasteiger partial charge on any atom is 0.269 e. The molecule has 0 spiro atoms. The van der Waals surface area contributed by atoms with Crippen molar-refractivity contribution in [2.75, 3.05) is 5.43 Å². The SMILES string of the molecule is N#C/C(=N/Nc1ccc([N+](=O)[O-])cc1)C(=O)c1ccccc1. The van der Waals surface area contributed by atoms with Gasteiger partial charge in [-0.25, -0.2) is 0 Å². The smallest absolute Gasteiger partial charge is 0.269 e. The van der Waals surface area contributed by atoms with Crippen LogP contribution < -0.4 is 5.43 Å².